The van der Waals surface area contributed by atoms with E-state index in [0.29, 0.717) is 29.0 Å². The van der Waals surface area contributed by atoms with Crippen LogP contribution in [0.5, 0.6) is 5.75 Å². The quantitative estimate of drug-likeness (QED) is 0.135. The average Bonchev–Trinajstić information content (AvgIpc) is 3.44. The second kappa shape index (κ2) is 15.8. The number of aromatic nitrogens is 2. The van der Waals surface area contributed by atoms with E-state index in [1.54, 1.807) is 43.5 Å². The third kappa shape index (κ3) is 7.64. The minimum Gasteiger partial charge on any atom is -0.494 e. The number of carbonyl (C=O) groups excluding carboxylic acids is 4. The van der Waals surface area contributed by atoms with Gasteiger partial charge in [0.25, 0.3) is 11.8 Å². The number of imide groups is 2. The number of halogens is 1. The van der Waals surface area contributed by atoms with Crippen LogP contribution >= 0.6 is 19.2 Å². The number of hydrogen-bond acceptors (Lipinski definition) is 14. The van der Waals surface area contributed by atoms with E-state index in [4.69, 9.17) is 25.4 Å². The van der Waals surface area contributed by atoms with Crippen LogP contribution in [0.3, 0.4) is 0 Å². The lowest BCUT2D eigenvalue weighted by molar-refractivity contribution is -0.136. The number of benzene rings is 3. The number of fused-ring (bicyclic) bond motifs is 1. The van der Waals surface area contributed by atoms with E-state index in [-0.39, 0.29) is 40.8 Å². The highest BCUT2D eigenvalue weighted by Crippen LogP contribution is 2.47. The fraction of sp³-hybridized carbons (Fsp3) is 0.297. The normalized spacial score (nSPS) is 17.6. The third-order valence-electron chi connectivity index (χ3n) is 9.76. The van der Waals surface area contributed by atoms with Crippen LogP contribution in [0.2, 0.25) is 5.02 Å². The van der Waals surface area contributed by atoms with Crippen molar-refractivity contribution in [2.45, 2.75) is 25.4 Å². The highest BCUT2D eigenvalue weighted by atomic mass is 35.5. The average molecular weight is 789 g/mol. The molecule has 0 saturated carbocycles. The number of piperazine rings is 1. The SMILES string of the molecule is COc1cc(N2CCN(Cc3ccc4c(c3)C(=O)N(C3CCC(=O)NC3=O)C4=O)CC2)ccc1Nc1ncc(Cl)c(Nc2ccccc2P(=O)(OC)OC)n1. The number of nitrogens with one attached hydrogen (secondary N) is 3. The number of ether oxygens (including phenoxy) is 1. The first-order valence-corrected chi connectivity index (χ1v) is 19.3. The fourth-order valence-corrected chi connectivity index (χ4v) is 8.25. The second-order valence-corrected chi connectivity index (χ2v) is 15.6. The molecule has 4 aromatic rings. The Kier molecular flexibility index (Phi) is 10.9. The number of hydrogen-bond donors (Lipinski definition) is 3. The lowest BCUT2D eigenvalue weighted by Gasteiger charge is -2.36. The third-order valence-corrected chi connectivity index (χ3v) is 12.0. The highest BCUT2D eigenvalue weighted by molar-refractivity contribution is 7.62. The monoisotopic (exact) mass is 788 g/mol. The van der Waals surface area contributed by atoms with Gasteiger partial charge in [-0.3, -0.25) is 38.9 Å². The predicted molar refractivity (Wildman–Crippen MR) is 205 cm³/mol. The van der Waals surface area contributed by atoms with Crippen LogP contribution in [0.25, 0.3) is 0 Å². The summed E-state index contributed by atoms with van der Waals surface area (Å²) in [6.07, 6.45) is 1.63. The smallest absolute Gasteiger partial charge is 0.362 e. The highest BCUT2D eigenvalue weighted by Gasteiger charge is 2.44. The van der Waals surface area contributed by atoms with Crippen molar-refractivity contribution >= 4 is 77.0 Å². The van der Waals surface area contributed by atoms with Gasteiger partial charge >= 0.3 is 7.60 Å². The number of nitrogens with zero attached hydrogens (tertiary/aromatic N) is 5. The number of amides is 4. The summed E-state index contributed by atoms with van der Waals surface area (Å²) >= 11 is 6.45. The molecule has 2 fully saturated rings. The Morgan fingerprint density at radius 3 is 2.36 bits per heavy atom. The number of methoxy groups -OCH3 is 1. The zero-order chi connectivity index (χ0) is 38.9. The van der Waals surface area contributed by atoms with Gasteiger partial charge in [-0.1, -0.05) is 29.8 Å². The maximum Gasteiger partial charge on any atom is 0.362 e. The van der Waals surface area contributed by atoms with Crippen molar-refractivity contribution in [2.75, 3.05) is 63.0 Å². The molecule has 0 bridgehead atoms. The second-order valence-electron chi connectivity index (χ2n) is 13.0. The Balaban J connectivity index is 0.983. The number of anilines is 5. The van der Waals surface area contributed by atoms with Gasteiger partial charge in [-0.05, 0) is 48.4 Å². The van der Waals surface area contributed by atoms with Crippen LogP contribution in [0, 0.1) is 0 Å². The van der Waals surface area contributed by atoms with Crippen LogP contribution in [-0.4, -0.2) is 96.9 Å². The van der Waals surface area contributed by atoms with Crippen LogP contribution in [0.4, 0.5) is 28.8 Å². The molecule has 3 aliphatic heterocycles. The molecule has 1 aromatic heterocycles. The molecule has 3 aromatic carbocycles. The molecule has 1 unspecified atom stereocenters. The Morgan fingerprint density at radius 2 is 1.64 bits per heavy atom. The van der Waals surface area contributed by atoms with Gasteiger partial charge in [0, 0.05) is 65.1 Å². The standard InChI is InChI=1S/C37H38ClN8O8P/c1-52-30-19-23(9-11-27(30)41-37-39-20-26(38)33(43-37)40-28-6-4-5-7-31(28)55(51,53-2)54-3)45-16-14-44(15-17-45)21-22-8-10-24-25(18-22)36(50)46(35(24)49)29-12-13-32(47)42-34(29)48/h4-11,18-20,29H,12-17,21H2,1-3H3,(H,42,47,48)(H2,39,40,41,43). The Labute approximate surface area is 321 Å². The largest absolute Gasteiger partial charge is 0.494 e. The topological polar surface area (TPSA) is 185 Å². The summed E-state index contributed by atoms with van der Waals surface area (Å²) in [5.74, 6) is -0.990. The van der Waals surface area contributed by atoms with Gasteiger partial charge in [0.15, 0.2) is 5.82 Å². The van der Waals surface area contributed by atoms with E-state index in [1.807, 2.05) is 24.3 Å². The summed E-state index contributed by atoms with van der Waals surface area (Å²) in [4.78, 5) is 64.8. The van der Waals surface area contributed by atoms with E-state index in [2.05, 4.69) is 35.7 Å². The molecule has 1 atom stereocenters. The van der Waals surface area contributed by atoms with Crippen molar-refractivity contribution in [3.8, 4) is 5.75 Å². The van der Waals surface area contributed by atoms with Gasteiger partial charge in [-0.2, -0.15) is 4.98 Å². The molecule has 0 spiro atoms. The van der Waals surface area contributed by atoms with Crippen LogP contribution in [0.15, 0.2) is 66.9 Å². The Bertz CT molecular complexity index is 2230. The molecule has 3 aliphatic rings. The molecule has 2 saturated heterocycles. The first-order valence-electron chi connectivity index (χ1n) is 17.4. The van der Waals surface area contributed by atoms with Crippen LogP contribution in [-0.2, 0) is 29.7 Å². The molecule has 55 heavy (non-hydrogen) atoms. The number of piperidine rings is 1. The van der Waals surface area contributed by atoms with Crippen molar-refractivity contribution in [3.05, 3.63) is 88.6 Å². The van der Waals surface area contributed by atoms with Gasteiger partial charge in [-0.15, -0.1) is 0 Å². The minimum absolute atomic E-state index is 0.0711. The molecule has 16 nitrogen and oxygen atoms in total. The number of para-hydroxylation sites is 1. The summed E-state index contributed by atoms with van der Waals surface area (Å²) in [6.45, 7) is 3.54. The lowest BCUT2D eigenvalue weighted by Crippen LogP contribution is -2.54. The van der Waals surface area contributed by atoms with Gasteiger partial charge in [0.1, 0.15) is 16.8 Å². The van der Waals surface area contributed by atoms with Crippen LogP contribution in [0.1, 0.15) is 39.1 Å². The first kappa shape index (κ1) is 37.9. The van der Waals surface area contributed by atoms with Crippen molar-refractivity contribution in [1.29, 1.82) is 0 Å². The molecular weight excluding hydrogens is 751 g/mol. The Hall–Kier alpha value is -5.38. The first-order chi connectivity index (χ1) is 26.5. The van der Waals surface area contributed by atoms with Crippen molar-refractivity contribution in [1.82, 2.24) is 25.1 Å². The van der Waals surface area contributed by atoms with E-state index >= 15 is 0 Å². The summed E-state index contributed by atoms with van der Waals surface area (Å²) in [7, 11) is 0.629. The summed E-state index contributed by atoms with van der Waals surface area (Å²) in [5.41, 5.74) is 3.46. The predicted octanol–water partition coefficient (Wildman–Crippen LogP) is 4.46. The summed E-state index contributed by atoms with van der Waals surface area (Å²) < 4.78 is 29.3. The molecule has 4 amide bonds. The maximum atomic E-state index is 13.3. The van der Waals surface area contributed by atoms with Crippen molar-refractivity contribution in [2.24, 2.45) is 0 Å². The molecule has 0 aliphatic carbocycles. The van der Waals surface area contributed by atoms with Gasteiger partial charge in [0.2, 0.25) is 17.8 Å². The minimum atomic E-state index is -3.58. The zero-order valence-electron chi connectivity index (χ0n) is 30.2. The fourth-order valence-electron chi connectivity index (χ4n) is 6.87. The van der Waals surface area contributed by atoms with E-state index in [0.717, 1.165) is 42.3 Å². The molecule has 286 valence electrons. The molecular formula is C37H38ClN8O8P. The maximum absolute atomic E-state index is 13.3. The van der Waals surface area contributed by atoms with E-state index in [1.165, 1.54) is 20.4 Å². The van der Waals surface area contributed by atoms with Gasteiger partial charge < -0.3 is 29.3 Å². The molecule has 3 N–H and O–H groups in total. The summed E-state index contributed by atoms with van der Waals surface area (Å²) in [6, 6.07) is 16.9. The molecule has 0 radical (unpaired) electrons. The molecule has 4 heterocycles. The Morgan fingerprint density at radius 1 is 0.891 bits per heavy atom. The van der Waals surface area contributed by atoms with Gasteiger partial charge in [0.05, 0.1) is 41.1 Å². The lowest BCUT2D eigenvalue weighted by atomic mass is 10.0. The van der Waals surface area contributed by atoms with E-state index in [9.17, 15) is 23.7 Å². The zero-order valence-corrected chi connectivity index (χ0v) is 31.9. The number of rotatable bonds is 12. The van der Waals surface area contributed by atoms with Crippen molar-refractivity contribution < 1.29 is 37.5 Å². The van der Waals surface area contributed by atoms with Gasteiger partial charge in [-0.25, -0.2) is 4.98 Å². The number of carbonyl (C=O) groups is 4. The van der Waals surface area contributed by atoms with Crippen LogP contribution < -0.4 is 30.9 Å². The molecule has 7 rings (SSSR count). The molecule has 18 heteroatoms. The van der Waals surface area contributed by atoms with Crippen molar-refractivity contribution in [3.63, 3.8) is 0 Å². The summed E-state index contributed by atoms with van der Waals surface area (Å²) in [5, 5.41) is 9.10. The van der Waals surface area contributed by atoms with E-state index < -0.39 is 37.3 Å².